The van der Waals surface area contributed by atoms with Gasteiger partial charge in [0.05, 0.1) is 24.6 Å². The number of H-pyrrole nitrogens is 1. The molecule has 0 saturated carbocycles. The molecule has 3 aromatic rings. The predicted octanol–water partition coefficient (Wildman–Crippen LogP) is 3.53. The van der Waals surface area contributed by atoms with Gasteiger partial charge < -0.3 is 14.8 Å². The third-order valence-electron chi connectivity index (χ3n) is 3.71. The molecule has 2 aromatic carbocycles. The van der Waals surface area contributed by atoms with Gasteiger partial charge in [-0.3, -0.25) is 9.89 Å². The van der Waals surface area contributed by atoms with E-state index in [0.717, 1.165) is 5.56 Å². The molecule has 8 heteroatoms. The van der Waals surface area contributed by atoms with Gasteiger partial charge in [0.25, 0.3) is 5.91 Å². The second-order valence-electron chi connectivity index (χ2n) is 5.51. The highest BCUT2D eigenvalue weighted by Gasteiger charge is 2.15. The number of carbonyl (C=O) groups excluding carboxylic acids is 2. The van der Waals surface area contributed by atoms with E-state index in [9.17, 15) is 9.59 Å². The summed E-state index contributed by atoms with van der Waals surface area (Å²) >= 11 is 5.90. The van der Waals surface area contributed by atoms with E-state index in [-0.39, 0.29) is 12.5 Å². The molecule has 0 radical (unpaired) electrons. The predicted molar refractivity (Wildman–Crippen MR) is 101 cm³/mol. The lowest BCUT2D eigenvalue weighted by Crippen LogP contribution is -2.13. The lowest BCUT2D eigenvalue weighted by molar-refractivity contribution is -0.142. The smallest absolute Gasteiger partial charge is 0.343 e. The molecular formula is C19H16ClN3O4. The first-order valence-electron chi connectivity index (χ1n) is 7.97. The van der Waals surface area contributed by atoms with E-state index >= 15 is 0 Å². The van der Waals surface area contributed by atoms with Crippen molar-refractivity contribution >= 4 is 29.2 Å². The Kier molecular flexibility index (Phi) is 5.73. The number of ether oxygens (including phenoxy) is 2. The monoisotopic (exact) mass is 385 g/mol. The van der Waals surface area contributed by atoms with E-state index in [1.165, 1.54) is 13.3 Å². The van der Waals surface area contributed by atoms with E-state index in [1.807, 2.05) is 0 Å². The topological polar surface area (TPSA) is 93.3 Å². The van der Waals surface area contributed by atoms with Crippen LogP contribution in [0.25, 0.3) is 11.3 Å². The number of aromatic amines is 1. The summed E-state index contributed by atoms with van der Waals surface area (Å²) in [5, 5.41) is 10.2. The standard InChI is InChI=1S/C19H16ClN3O4/c1-26-17(24)11-27-15-8-6-14(7-9-15)22-19(25)16-10-21-23-18(16)12-2-4-13(20)5-3-12/h2-10H,11H2,1H3,(H,21,23)(H,22,25). The minimum Gasteiger partial charge on any atom is -0.482 e. The molecule has 3 rings (SSSR count). The van der Waals surface area contributed by atoms with Gasteiger partial charge in [-0.15, -0.1) is 0 Å². The third-order valence-corrected chi connectivity index (χ3v) is 3.97. The quantitative estimate of drug-likeness (QED) is 0.633. The van der Waals surface area contributed by atoms with Gasteiger partial charge in [0.2, 0.25) is 0 Å². The molecule has 1 amide bonds. The maximum absolute atomic E-state index is 12.6. The summed E-state index contributed by atoms with van der Waals surface area (Å²) in [5.41, 5.74) is 2.38. The summed E-state index contributed by atoms with van der Waals surface area (Å²) in [6.07, 6.45) is 1.47. The summed E-state index contributed by atoms with van der Waals surface area (Å²) in [7, 11) is 1.29. The highest BCUT2D eigenvalue weighted by molar-refractivity contribution is 6.30. The molecule has 0 spiro atoms. The third kappa shape index (κ3) is 4.65. The van der Waals surface area contributed by atoms with Crippen LogP contribution in [0.4, 0.5) is 5.69 Å². The fraction of sp³-hybridized carbons (Fsp3) is 0.105. The Labute approximate surface area is 160 Å². The van der Waals surface area contributed by atoms with Crippen LogP contribution in [-0.2, 0) is 9.53 Å². The van der Waals surface area contributed by atoms with E-state index in [0.29, 0.717) is 27.7 Å². The van der Waals surface area contributed by atoms with Crippen molar-refractivity contribution < 1.29 is 19.1 Å². The molecule has 2 N–H and O–H groups in total. The summed E-state index contributed by atoms with van der Waals surface area (Å²) in [5.74, 6) is -0.289. The number of nitrogens with zero attached hydrogens (tertiary/aromatic N) is 1. The van der Waals surface area contributed by atoms with Crippen molar-refractivity contribution in [1.82, 2.24) is 10.2 Å². The Hall–Kier alpha value is -3.32. The van der Waals surface area contributed by atoms with Gasteiger partial charge in [0.15, 0.2) is 6.61 Å². The number of hydrogen-bond acceptors (Lipinski definition) is 5. The lowest BCUT2D eigenvalue weighted by Gasteiger charge is -2.08. The Balaban J connectivity index is 1.68. The van der Waals surface area contributed by atoms with Gasteiger partial charge in [0, 0.05) is 16.3 Å². The number of benzene rings is 2. The van der Waals surface area contributed by atoms with Crippen molar-refractivity contribution in [2.75, 3.05) is 19.0 Å². The molecule has 0 aliphatic heterocycles. The zero-order chi connectivity index (χ0) is 19.2. The van der Waals surface area contributed by atoms with Crippen molar-refractivity contribution in [2.24, 2.45) is 0 Å². The number of anilines is 1. The van der Waals surface area contributed by atoms with Crippen molar-refractivity contribution in [2.45, 2.75) is 0 Å². The average molecular weight is 386 g/mol. The Morgan fingerprint density at radius 2 is 1.81 bits per heavy atom. The van der Waals surface area contributed by atoms with Crippen LogP contribution < -0.4 is 10.1 Å². The van der Waals surface area contributed by atoms with Crippen LogP contribution in [-0.4, -0.2) is 35.8 Å². The van der Waals surface area contributed by atoms with Crippen molar-refractivity contribution in [3.8, 4) is 17.0 Å². The van der Waals surface area contributed by atoms with Crippen molar-refractivity contribution in [1.29, 1.82) is 0 Å². The van der Waals surface area contributed by atoms with E-state index < -0.39 is 5.97 Å². The van der Waals surface area contributed by atoms with Crippen molar-refractivity contribution in [3.63, 3.8) is 0 Å². The van der Waals surface area contributed by atoms with Crippen LogP contribution >= 0.6 is 11.6 Å². The molecule has 0 unspecified atom stereocenters. The van der Waals surface area contributed by atoms with Gasteiger partial charge >= 0.3 is 5.97 Å². The van der Waals surface area contributed by atoms with Gasteiger partial charge in [-0.25, -0.2) is 4.79 Å². The molecule has 1 aromatic heterocycles. The molecule has 0 bridgehead atoms. The lowest BCUT2D eigenvalue weighted by atomic mass is 10.1. The Morgan fingerprint density at radius 1 is 1.11 bits per heavy atom. The van der Waals surface area contributed by atoms with Gasteiger partial charge in [-0.05, 0) is 36.4 Å². The summed E-state index contributed by atoms with van der Waals surface area (Å²) in [6.45, 7) is -0.179. The highest BCUT2D eigenvalue weighted by Crippen LogP contribution is 2.24. The molecule has 0 saturated heterocycles. The van der Waals surface area contributed by atoms with E-state index in [4.69, 9.17) is 16.3 Å². The molecule has 7 nitrogen and oxygen atoms in total. The normalized spacial score (nSPS) is 10.3. The van der Waals surface area contributed by atoms with Crippen LogP contribution in [0.2, 0.25) is 5.02 Å². The second kappa shape index (κ2) is 8.37. The minimum absolute atomic E-state index is 0.179. The number of rotatable bonds is 6. The Bertz CT molecular complexity index is 936. The fourth-order valence-electron chi connectivity index (χ4n) is 2.33. The molecule has 0 fully saturated rings. The average Bonchev–Trinajstić information content (AvgIpc) is 3.17. The first kappa shape index (κ1) is 18.5. The first-order chi connectivity index (χ1) is 13.1. The number of carbonyl (C=O) groups is 2. The second-order valence-corrected chi connectivity index (χ2v) is 5.95. The number of amides is 1. The maximum Gasteiger partial charge on any atom is 0.343 e. The van der Waals surface area contributed by atoms with Gasteiger partial charge in [-0.1, -0.05) is 23.7 Å². The molecule has 1 heterocycles. The van der Waals surface area contributed by atoms with Crippen LogP contribution in [0.15, 0.2) is 54.7 Å². The molecule has 0 aliphatic rings. The molecule has 138 valence electrons. The molecule has 0 aliphatic carbocycles. The SMILES string of the molecule is COC(=O)COc1ccc(NC(=O)c2cn[nH]c2-c2ccc(Cl)cc2)cc1. The van der Waals surface area contributed by atoms with Crippen LogP contribution in [0.1, 0.15) is 10.4 Å². The summed E-state index contributed by atoms with van der Waals surface area (Å²) in [6, 6.07) is 13.7. The van der Waals surface area contributed by atoms with Gasteiger partial charge in [-0.2, -0.15) is 5.10 Å². The zero-order valence-electron chi connectivity index (χ0n) is 14.4. The molecular weight excluding hydrogens is 370 g/mol. The number of methoxy groups -OCH3 is 1. The maximum atomic E-state index is 12.6. The highest BCUT2D eigenvalue weighted by atomic mass is 35.5. The van der Waals surface area contributed by atoms with Gasteiger partial charge in [0.1, 0.15) is 5.75 Å². The van der Waals surface area contributed by atoms with E-state index in [1.54, 1.807) is 48.5 Å². The summed E-state index contributed by atoms with van der Waals surface area (Å²) < 4.78 is 9.77. The number of aromatic nitrogens is 2. The minimum atomic E-state index is -0.470. The number of hydrogen-bond donors (Lipinski definition) is 2. The number of nitrogens with one attached hydrogen (secondary N) is 2. The first-order valence-corrected chi connectivity index (χ1v) is 8.35. The number of esters is 1. The summed E-state index contributed by atoms with van der Waals surface area (Å²) in [4.78, 5) is 23.7. The van der Waals surface area contributed by atoms with E-state index in [2.05, 4.69) is 20.3 Å². The van der Waals surface area contributed by atoms with Crippen LogP contribution in [0, 0.1) is 0 Å². The van der Waals surface area contributed by atoms with Crippen LogP contribution in [0.3, 0.4) is 0 Å². The number of halogens is 1. The largest absolute Gasteiger partial charge is 0.482 e. The van der Waals surface area contributed by atoms with Crippen molar-refractivity contribution in [3.05, 3.63) is 65.3 Å². The fourth-order valence-corrected chi connectivity index (χ4v) is 2.46. The zero-order valence-corrected chi connectivity index (χ0v) is 15.1. The van der Waals surface area contributed by atoms with Crippen LogP contribution in [0.5, 0.6) is 5.75 Å². The molecule has 0 atom stereocenters. The Morgan fingerprint density at radius 3 is 2.48 bits per heavy atom. The molecule has 27 heavy (non-hydrogen) atoms.